The van der Waals surface area contributed by atoms with Gasteiger partial charge in [0.25, 0.3) is 0 Å². The van der Waals surface area contributed by atoms with Crippen molar-refractivity contribution in [2.45, 2.75) is 37.2 Å². The van der Waals surface area contributed by atoms with Crippen LogP contribution in [0.15, 0.2) is 30.5 Å². The predicted octanol–water partition coefficient (Wildman–Crippen LogP) is 4.17. The summed E-state index contributed by atoms with van der Waals surface area (Å²) in [7, 11) is 0. The Labute approximate surface area is 140 Å². The number of aromatic nitrogens is 2. The van der Waals surface area contributed by atoms with Crippen LogP contribution in [0.4, 0.5) is 5.82 Å². The second kappa shape index (κ2) is 6.81. The molecule has 3 rings (SSSR count). The summed E-state index contributed by atoms with van der Waals surface area (Å²) < 4.78 is 3.36. The van der Waals surface area contributed by atoms with Gasteiger partial charge in [-0.2, -0.15) is 0 Å². The lowest BCUT2D eigenvalue weighted by Crippen LogP contribution is -2.30. The highest BCUT2D eigenvalue weighted by Crippen LogP contribution is 2.19. The van der Waals surface area contributed by atoms with Crippen LogP contribution in [0.25, 0.3) is 0 Å². The van der Waals surface area contributed by atoms with Crippen molar-refractivity contribution < 1.29 is 0 Å². The molecule has 0 saturated carbocycles. The second-order valence-corrected chi connectivity index (χ2v) is 6.57. The molecule has 21 heavy (non-hydrogen) atoms. The Morgan fingerprint density at radius 2 is 2.00 bits per heavy atom. The van der Waals surface area contributed by atoms with Gasteiger partial charge in [0.05, 0.1) is 12.2 Å². The second-order valence-electron chi connectivity index (χ2n) is 5.81. The summed E-state index contributed by atoms with van der Waals surface area (Å²) in [6, 6.07) is 8.70. The fraction of sp³-hybridized carbons (Fsp3) is 0.471. The normalized spacial score (nSPS) is 15.4. The molecule has 0 spiro atoms. The number of hydrogen-bond donors (Lipinski definition) is 0. The molecule has 0 unspecified atom stereocenters. The van der Waals surface area contributed by atoms with E-state index < -0.39 is 0 Å². The molecule has 2 aromatic rings. The van der Waals surface area contributed by atoms with Gasteiger partial charge in [-0.15, -0.1) is 0 Å². The number of alkyl halides is 1. The Bertz CT molecular complexity index is 600. The molecule has 0 aliphatic carbocycles. The topological polar surface area (TPSA) is 21.1 Å². The Kier molecular flexibility index (Phi) is 4.83. The molecule has 1 aliphatic rings. The summed E-state index contributed by atoms with van der Waals surface area (Å²) in [6.45, 7) is 5.33. The van der Waals surface area contributed by atoms with E-state index in [1.165, 1.54) is 30.5 Å². The van der Waals surface area contributed by atoms with Crippen LogP contribution in [-0.4, -0.2) is 22.6 Å². The van der Waals surface area contributed by atoms with Gasteiger partial charge in [0.1, 0.15) is 5.82 Å². The van der Waals surface area contributed by atoms with Crippen molar-refractivity contribution in [1.29, 1.82) is 0 Å². The third-order valence-electron chi connectivity index (χ3n) is 4.06. The highest BCUT2D eigenvalue weighted by Gasteiger charge is 2.12. The highest BCUT2D eigenvalue weighted by atomic mass is 127. The Morgan fingerprint density at radius 1 is 1.19 bits per heavy atom. The van der Waals surface area contributed by atoms with Crippen LogP contribution in [0.2, 0.25) is 0 Å². The number of nitrogens with zero attached hydrogens (tertiary/aromatic N) is 3. The quantitative estimate of drug-likeness (QED) is 0.573. The third kappa shape index (κ3) is 3.59. The van der Waals surface area contributed by atoms with E-state index in [1.807, 2.05) is 0 Å². The first kappa shape index (κ1) is 14.9. The number of piperidine rings is 1. The van der Waals surface area contributed by atoms with Gasteiger partial charge < -0.3 is 9.47 Å². The summed E-state index contributed by atoms with van der Waals surface area (Å²) in [4.78, 5) is 7.30. The molecule has 3 heterocycles. The van der Waals surface area contributed by atoms with E-state index in [-0.39, 0.29) is 0 Å². The molecule has 3 nitrogen and oxygen atoms in total. The molecule has 1 saturated heterocycles. The van der Waals surface area contributed by atoms with E-state index in [4.69, 9.17) is 4.98 Å². The van der Waals surface area contributed by atoms with Gasteiger partial charge in [-0.05, 0) is 49.9 Å². The molecular weight excluding hydrogens is 373 g/mol. The van der Waals surface area contributed by atoms with E-state index in [1.54, 1.807) is 0 Å². The van der Waals surface area contributed by atoms with Crippen LogP contribution in [0.5, 0.6) is 0 Å². The minimum Gasteiger partial charge on any atom is -0.357 e. The first-order valence-electron chi connectivity index (χ1n) is 7.69. The van der Waals surface area contributed by atoms with Crippen molar-refractivity contribution in [2.75, 3.05) is 18.0 Å². The van der Waals surface area contributed by atoms with Crippen LogP contribution in [0, 0.1) is 6.92 Å². The molecule has 0 N–H and O–H groups in total. The summed E-state index contributed by atoms with van der Waals surface area (Å²) in [6.07, 6.45) is 6.17. The van der Waals surface area contributed by atoms with Crippen LogP contribution in [-0.2, 0) is 11.0 Å². The van der Waals surface area contributed by atoms with Gasteiger partial charge in [0.2, 0.25) is 0 Å². The Morgan fingerprint density at radius 3 is 2.76 bits per heavy atom. The molecule has 0 bridgehead atoms. The SMILES string of the molecule is Cc1cc(CI)n(Cc2cccc(N3CCCCC3)n2)c1. The monoisotopic (exact) mass is 395 g/mol. The van der Waals surface area contributed by atoms with Crippen molar-refractivity contribution in [2.24, 2.45) is 0 Å². The average Bonchev–Trinajstić information content (AvgIpc) is 2.88. The van der Waals surface area contributed by atoms with Crippen molar-refractivity contribution in [3.8, 4) is 0 Å². The smallest absolute Gasteiger partial charge is 0.128 e. The van der Waals surface area contributed by atoms with Gasteiger partial charge >= 0.3 is 0 Å². The summed E-state index contributed by atoms with van der Waals surface area (Å²) in [5, 5.41) is 0. The minimum atomic E-state index is 0.869. The number of anilines is 1. The maximum Gasteiger partial charge on any atom is 0.128 e. The maximum absolute atomic E-state index is 4.88. The van der Waals surface area contributed by atoms with E-state index in [0.29, 0.717) is 0 Å². The van der Waals surface area contributed by atoms with Crippen molar-refractivity contribution in [3.63, 3.8) is 0 Å². The summed E-state index contributed by atoms with van der Waals surface area (Å²) >= 11 is 2.43. The fourth-order valence-electron chi connectivity index (χ4n) is 3.00. The zero-order chi connectivity index (χ0) is 14.7. The van der Waals surface area contributed by atoms with E-state index in [9.17, 15) is 0 Å². The fourth-order valence-corrected chi connectivity index (χ4v) is 3.66. The third-order valence-corrected chi connectivity index (χ3v) is 4.85. The average molecular weight is 395 g/mol. The predicted molar refractivity (Wildman–Crippen MR) is 96.3 cm³/mol. The Balaban J connectivity index is 1.79. The van der Waals surface area contributed by atoms with Crippen molar-refractivity contribution >= 4 is 28.4 Å². The molecule has 0 amide bonds. The minimum absolute atomic E-state index is 0.869. The molecule has 4 heteroatoms. The van der Waals surface area contributed by atoms with E-state index >= 15 is 0 Å². The van der Waals surface area contributed by atoms with Gasteiger partial charge in [-0.3, -0.25) is 0 Å². The van der Waals surface area contributed by atoms with Crippen LogP contribution in [0.3, 0.4) is 0 Å². The van der Waals surface area contributed by atoms with Gasteiger partial charge in [-0.25, -0.2) is 4.98 Å². The zero-order valence-corrected chi connectivity index (χ0v) is 14.7. The maximum atomic E-state index is 4.88. The molecule has 112 valence electrons. The molecule has 1 fully saturated rings. The van der Waals surface area contributed by atoms with Crippen molar-refractivity contribution in [3.05, 3.63) is 47.4 Å². The largest absolute Gasteiger partial charge is 0.357 e. The van der Waals surface area contributed by atoms with Crippen LogP contribution >= 0.6 is 22.6 Å². The number of rotatable bonds is 4. The highest BCUT2D eigenvalue weighted by molar-refractivity contribution is 14.1. The molecule has 1 aliphatic heterocycles. The van der Waals surface area contributed by atoms with Crippen LogP contribution in [0.1, 0.15) is 36.2 Å². The van der Waals surface area contributed by atoms with Crippen molar-refractivity contribution in [1.82, 2.24) is 9.55 Å². The molecular formula is C17H22IN3. The standard InChI is InChI=1S/C17H22IN3/c1-14-10-16(11-18)21(12-14)13-15-6-5-7-17(19-15)20-8-3-2-4-9-20/h5-7,10,12H,2-4,8-9,11,13H2,1H3. The molecule has 0 aromatic carbocycles. The molecule has 0 atom stereocenters. The van der Waals surface area contributed by atoms with Gasteiger partial charge in [0.15, 0.2) is 0 Å². The summed E-state index contributed by atoms with van der Waals surface area (Å²) in [5.41, 5.74) is 3.85. The number of aryl methyl sites for hydroxylation is 1. The van der Waals surface area contributed by atoms with Crippen LogP contribution < -0.4 is 4.90 Å². The van der Waals surface area contributed by atoms with Gasteiger partial charge in [0, 0.05) is 29.4 Å². The van der Waals surface area contributed by atoms with E-state index in [2.05, 4.69) is 69.4 Å². The number of halogens is 1. The Hall–Kier alpha value is -1.04. The van der Waals surface area contributed by atoms with Gasteiger partial charge in [-0.1, -0.05) is 28.7 Å². The first-order valence-corrected chi connectivity index (χ1v) is 9.21. The molecule has 0 radical (unpaired) electrons. The molecule has 2 aromatic heterocycles. The lowest BCUT2D eigenvalue weighted by atomic mass is 10.1. The summed E-state index contributed by atoms with van der Waals surface area (Å²) in [5.74, 6) is 1.15. The van der Waals surface area contributed by atoms with E-state index in [0.717, 1.165) is 35.6 Å². The zero-order valence-electron chi connectivity index (χ0n) is 12.6. The lowest BCUT2D eigenvalue weighted by molar-refractivity contribution is 0.572. The first-order chi connectivity index (χ1) is 10.3. The number of pyridine rings is 1. The lowest BCUT2D eigenvalue weighted by Gasteiger charge is -2.28. The number of hydrogen-bond acceptors (Lipinski definition) is 2.